The van der Waals surface area contributed by atoms with Crippen molar-refractivity contribution in [3.05, 3.63) is 17.0 Å². The topological polar surface area (TPSA) is 102 Å². The zero-order chi connectivity index (χ0) is 18.5. The van der Waals surface area contributed by atoms with E-state index < -0.39 is 15.4 Å². The molecule has 1 aliphatic rings. The van der Waals surface area contributed by atoms with Gasteiger partial charge in [0.2, 0.25) is 5.91 Å². The minimum absolute atomic E-state index is 0.0778. The third-order valence-corrected chi connectivity index (χ3v) is 8.30. The first-order valence-corrected chi connectivity index (χ1v) is 10.8. The fourth-order valence-electron chi connectivity index (χ4n) is 2.81. The van der Waals surface area contributed by atoms with Gasteiger partial charge in [0.15, 0.2) is 0 Å². The Bertz CT molecular complexity index is 669. The highest BCUT2D eigenvalue weighted by Gasteiger charge is 2.33. The molecule has 1 saturated heterocycles. The van der Waals surface area contributed by atoms with Crippen LogP contribution in [0.3, 0.4) is 0 Å². The number of carbonyl (C=O) groups is 1. The summed E-state index contributed by atoms with van der Waals surface area (Å²) in [4.78, 5) is 13.3. The van der Waals surface area contributed by atoms with E-state index in [0.29, 0.717) is 56.4 Å². The molecule has 9 heteroatoms. The van der Waals surface area contributed by atoms with E-state index in [2.05, 4.69) is 5.32 Å². The van der Waals surface area contributed by atoms with Gasteiger partial charge in [-0.3, -0.25) is 4.79 Å². The average molecular weight is 390 g/mol. The van der Waals surface area contributed by atoms with Gasteiger partial charge in [0.05, 0.1) is 25.2 Å². The smallest absolute Gasteiger partial charge is 0.252 e. The first-order valence-electron chi connectivity index (χ1n) is 8.54. The quantitative estimate of drug-likeness (QED) is 0.694. The zero-order valence-corrected chi connectivity index (χ0v) is 16.4. The number of amides is 1. The fourth-order valence-corrected chi connectivity index (χ4v) is 5.67. The lowest BCUT2D eigenvalue weighted by molar-refractivity contribution is -0.131. The predicted octanol–water partition coefficient (Wildman–Crippen LogP) is 1.15. The van der Waals surface area contributed by atoms with Crippen molar-refractivity contribution in [3.8, 4) is 0 Å². The van der Waals surface area contributed by atoms with Gasteiger partial charge in [-0.15, -0.1) is 11.3 Å². The van der Waals surface area contributed by atoms with Gasteiger partial charge in [-0.05, 0) is 25.0 Å². The summed E-state index contributed by atoms with van der Waals surface area (Å²) in [7, 11) is -3.48. The molecule has 142 valence electrons. The second-order valence-electron chi connectivity index (χ2n) is 6.11. The molecule has 7 nitrogen and oxygen atoms in total. The molecule has 3 N–H and O–H groups in total. The average Bonchev–Trinajstić information content (AvgIpc) is 3.12. The van der Waals surface area contributed by atoms with E-state index >= 15 is 0 Å². The molecular weight excluding hydrogens is 362 g/mol. The molecule has 1 aromatic heterocycles. The Labute approximate surface area is 153 Å². The molecule has 1 aliphatic heterocycles. The minimum Gasteiger partial charge on any atom is -0.379 e. The number of morpholine rings is 1. The molecule has 1 amide bonds. The van der Waals surface area contributed by atoms with Crippen LogP contribution in [0.4, 0.5) is 0 Å². The van der Waals surface area contributed by atoms with E-state index in [1.807, 2.05) is 13.8 Å². The summed E-state index contributed by atoms with van der Waals surface area (Å²) < 4.78 is 32.2. The largest absolute Gasteiger partial charge is 0.379 e. The van der Waals surface area contributed by atoms with Crippen LogP contribution in [0.15, 0.2) is 16.3 Å². The summed E-state index contributed by atoms with van der Waals surface area (Å²) in [5.41, 5.74) is 5.23. The molecule has 0 bridgehead atoms. The van der Waals surface area contributed by atoms with Crippen LogP contribution < -0.4 is 11.1 Å². The molecule has 2 rings (SSSR count). The number of rotatable bonds is 8. The number of sulfonamides is 1. The maximum Gasteiger partial charge on any atom is 0.252 e. The van der Waals surface area contributed by atoms with Crippen LogP contribution in [0.2, 0.25) is 0 Å². The number of hydrogen-bond donors (Lipinski definition) is 2. The summed E-state index contributed by atoms with van der Waals surface area (Å²) in [5.74, 6) is -0.0778. The summed E-state index contributed by atoms with van der Waals surface area (Å²) in [6, 6.07) is 3.35. The van der Waals surface area contributed by atoms with Crippen molar-refractivity contribution in [2.75, 3.05) is 32.8 Å². The third-order valence-electron chi connectivity index (χ3n) is 4.85. The van der Waals surface area contributed by atoms with Crippen LogP contribution in [0.25, 0.3) is 0 Å². The molecule has 25 heavy (non-hydrogen) atoms. The molecular formula is C16H27N3O4S2. The molecule has 1 fully saturated rings. The Morgan fingerprint density at radius 1 is 1.32 bits per heavy atom. The first-order chi connectivity index (χ1) is 11.9. The second-order valence-corrected chi connectivity index (χ2v) is 9.44. The number of nitrogens with zero attached hydrogens (tertiary/aromatic N) is 1. The Kier molecular flexibility index (Phi) is 6.98. The van der Waals surface area contributed by atoms with Crippen LogP contribution in [0.1, 0.15) is 31.6 Å². The maximum absolute atomic E-state index is 12.6. The van der Waals surface area contributed by atoms with E-state index in [-0.39, 0.29) is 5.91 Å². The standard InChI is InChI=1S/C16H27N3O4S2/c1-3-16(4-2,12-17)15(20)18-11-13-5-6-14(24-13)25(21,22)19-7-9-23-10-8-19/h5-6H,3-4,7-12,17H2,1-2H3,(H,18,20). The van der Waals surface area contributed by atoms with Gasteiger partial charge in [-0.25, -0.2) is 8.42 Å². The monoisotopic (exact) mass is 389 g/mol. The van der Waals surface area contributed by atoms with Crippen molar-refractivity contribution in [2.45, 2.75) is 37.4 Å². The Morgan fingerprint density at radius 3 is 2.52 bits per heavy atom. The van der Waals surface area contributed by atoms with Crippen LogP contribution in [0, 0.1) is 5.41 Å². The van der Waals surface area contributed by atoms with Gasteiger partial charge in [-0.2, -0.15) is 4.31 Å². The van der Waals surface area contributed by atoms with E-state index in [4.69, 9.17) is 10.5 Å². The number of nitrogens with one attached hydrogen (secondary N) is 1. The van der Waals surface area contributed by atoms with Gasteiger partial charge in [-0.1, -0.05) is 13.8 Å². The van der Waals surface area contributed by atoms with Crippen molar-refractivity contribution < 1.29 is 17.9 Å². The fraction of sp³-hybridized carbons (Fsp3) is 0.688. The number of nitrogens with two attached hydrogens (primary N) is 1. The molecule has 2 heterocycles. The number of hydrogen-bond acceptors (Lipinski definition) is 6. The van der Waals surface area contributed by atoms with Gasteiger partial charge in [0, 0.05) is 24.5 Å². The lowest BCUT2D eigenvalue weighted by atomic mass is 9.81. The Hall–Kier alpha value is -1.00. The Balaban J connectivity index is 2.03. The van der Waals surface area contributed by atoms with Gasteiger partial charge in [0.1, 0.15) is 4.21 Å². The zero-order valence-electron chi connectivity index (χ0n) is 14.8. The molecule has 0 spiro atoms. The molecule has 0 aliphatic carbocycles. The van der Waals surface area contributed by atoms with E-state index in [1.165, 1.54) is 15.6 Å². The second kappa shape index (κ2) is 8.59. The van der Waals surface area contributed by atoms with Crippen LogP contribution in [-0.2, 0) is 26.1 Å². The molecule has 1 aromatic rings. The predicted molar refractivity (Wildman–Crippen MR) is 97.8 cm³/mol. The van der Waals surface area contributed by atoms with Crippen molar-refractivity contribution in [3.63, 3.8) is 0 Å². The number of ether oxygens (including phenoxy) is 1. The van der Waals surface area contributed by atoms with E-state index in [9.17, 15) is 13.2 Å². The molecule has 0 radical (unpaired) electrons. The SMILES string of the molecule is CCC(CC)(CN)C(=O)NCc1ccc(S(=O)(=O)N2CCOCC2)s1. The Morgan fingerprint density at radius 2 is 1.96 bits per heavy atom. The van der Waals surface area contributed by atoms with Crippen molar-refractivity contribution >= 4 is 27.3 Å². The van der Waals surface area contributed by atoms with E-state index in [1.54, 1.807) is 12.1 Å². The first kappa shape index (κ1) is 20.3. The van der Waals surface area contributed by atoms with Crippen molar-refractivity contribution in [1.82, 2.24) is 9.62 Å². The summed E-state index contributed by atoms with van der Waals surface area (Å²) in [6.07, 6.45) is 1.35. The van der Waals surface area contributed by atoms with Crippen LogP contribution >= 0.6 is 11.3 Å². The number of thiophene rings is 1. The number of carbonyl (C=O) groups excluding carboxylic acids is 1. The van der Waals surface area contributed by atoms with Crippen LogP contribution in [-0.4, -0.2) is 51.5 Å². The molecule has 0 saturated carbocycles. The normalized spacial score (nSPS) is 16.8. The summed E-state index contributed by atoms with van der Waals surface area (Å²) in [6.45, 7) is 6.10. The highest BCUT2D eigenvalue weighted by Crippen LogP contribution is 2.27. The van der Waals surface area contributed by atoms with Gasteiger partial charge in [0.25, 0.3) is 10.0 Å². The lowest BCUT2D eigenvalue weighted by Crippen LogP contribution is -2.44. The third kappa shape index (κ3) is 4.40. The lowest BCUT2D eigenvalue weighted by Gasteiger charge is -2.28. The maximum atomic E-state index is 12.6. The minimum atomic E-state index is -3.48. The summed E-state index contributed by atoms with van der Waals surface area (Å²) >= 11 is 1.19. The molecule has 0 unspecified atom stereocenters. The highest BCUT2D eigenvalue weighted by molar-refractivity contribution is 7.91. The van der Waals surface area contributed by atoms with Crippen molar-refractivity contribution in [1.29, 1.82) is 0 Å². The molecule has 0 atom stereocenters. The highest BCUT2D eigenvalue weighted by atomic mass is 32.2. The van der Waals surface area contributed by atoms with E-state index in [0.717, 1.165) is 4.88 Å². The molecule has 0 aromatic carbocycles. The van der Waals surface area contributed by atoms with Gasteiger partial charge >= 0.3 is 0 Å². The van der Waals surface area contributed by atoms with Crippen LogP contribution in [0.5, 0.6) is 0 Å². The van der Waals surface area contributed by atoms with Crippen molar-refractivity contribution in [2.24, 2.45) is 11.1 Å². The summed E-state index contributed by atoms with van der Waals surface area (Å²) in [5, 5.41) is 2.90. The van der Waals surface area contributed by atoms with Gasteiger partial charge < -0.3 is 15.8 Å².